The smallest absolute Gasteiger partial charge is 0.0861 e. The van der Waals surface area contributed by atoms with Crippen LogP contribution in [0.1, 0.15) is 37.4 Å². The second-order valence-electron chi connectivity index (χ2n) is 6.87. The number of nitrogens with zero attached hydrogens (tertiary/aromatic N) is 4. The number of nitrogens with one attached hydrogen (secondary N) is 2. The number of fused-ring (bicyclic) bond motifs is 1. The summed E-state index contributed by atoms with van der Waals surface area (Å²) in [6.45, 7) is 5.31. The van der Waals surface area contributed by atoms with Gasteiger partial charge in [0.05, 0.1) is 35.8 Å². The van der Waals surface area contributed by atoms with Crippen molar-refractivity contribution in [1.82, 2.24) is 14.7 Å². The fourth-order valence-corrected chi connectivity index (χ4v) is 3.78. The number of rotatable bonds is 4. The van der Waals surface area contributed by atoms with Crippen molar-refractivity contribution in [2.75, 3.05) is 37.3 Å². The number of hydrogen-bond donors (Lipinski definition) is 2. The van der Waals surface area contributed by atoms with E-state index in [0.717, 1.165) is 49.5 Å². The highest BCUT2D eigenvalue weighted by Crippen LogP contribution is 2.34. The Balaban J connectivity index is 1.41. The maximum absolute atomic E-state index is 4.52. The normalized spacial score (nSPS) is 19.3. The number of aliphatic imine (C=N–C) groups is 1. The van der Waals surface area contributed by atoms with Crippen molar-refractivity contribution in [3.63, 3.8) is 0 Å². The Morgan fingerprint density at radius 2 is 2.12 bits per heavy atom. The average Bonchev–Trinajstić information content (AvgIpc) is 3.16. The zero-order valence-electron chi connectivity index (χ0n) is 14.9. The van der Waals surface area contributed by atoms with Crippen LogP contribution in [0.5, 0.6) is 0 Å². The molecule has 2 aliphatic rings. The van der Waals surface area contributed by atoms with Gasteiger partial charge in [-0.05, 0) is 37.5 Å². The Kier molecular flexibility index (Phi) is 4.44. The molecule has 132 valence electrons. The first-order chi connectivity index (χ1) is 12.2. The van der Waals surface area contributed by atoms with Crippen LogP contribution in [-0.4, -0.2) is 47.6 Å². The first-order valence-corrected chi connectivity index (χ1v) is 9.11. The predicted octanol–water partition coefficient (Wildman–Crippen LogP) is 3.45. The summed E-state index contributed by atoms with van der Waals surface area (Å²) in [6.07, 6.45) is 8.22. The predicted molar refractivity (Wildman–Crippen MR) is 103 cm³/mol. The Bertz CT molecular complexity index is 757. The van der Waals surface area contributed by atoms with E-state index in [1.807, 2.05) is 19.5 Å². The van der Waals surface area contributed by atoms with Gasteiger partial charge in [0.25, 0.3) is 0 Å². The van der Waals surface area contributed by atoms with Crippen LogP contribution in [0.4, 0.5) is 17.1 Å². The summed E-state index contributed by atoms with van der Waals surface area (Å²) < 4.78 is 2.12. The van der Waals surface area contributed by atoms with E-state index in [1.54, 1.807) is 0 Å². The highest BCUT2D eigenvalue weighted by Gasteiger charge is 2.25. The molecule has 1 aromatic carbocycles. The van der Waals surface area contributed by atoms with E-state index < -0.39 is 0 Å². The number of benzene rings is 1. The van der Waals surface area contributed by atoms with E-state index in [9.17, 15) is 0 Å². The molecule has 1 fully saturated rings. The van der Waals surface area contributed by atoms with Gasteiger partial charge in [0.1, 0.15) is 0 Å². The minimum atomic E-state index is 0.411. The first kappa shape index (κ1) is 16.1. The molecule has 2 N–H and O–H groups in total. The van der Waals surface area contributed by atoms with Crippen LogP contribution in [0, 0.1) is 0 Å². The Labute approximate surface area is 148 Å². The standard InChI is InChI=1S/C19H26N6/c1-14(15-3-4-18-19(11-15)22-8-7-21-18)24-9-5-17(6-10-24)25-13-16(20-2)12-23-25/h3-4,8,11-14,17,20-21H,5-7,9-10H2,1-2H3. The van der Waals surface area contributed by atoms with Crippen molar-refractivity contribution in [1.29, 1.82) is 0 Å². The molecule has 6 nitrogen and oxygen atoms in total. The molecule has 0 aliphatic carbocycles. The van der Waals surface area contributed by atoms with E-state index in [1.165, 1.54) is 5.56 Å². The molecule has 25 heavy (non-hydrogen) atoms. The molecule has 6 heteroatoms. The molecule has 2 aromatic rings. The first-order valence-electron chi connectivity index (χ1n) is 9.11. The lowest BCUT2D eigenvalue weighted by Crippen LogP contribution is -2.36. The number of likely N-dealkylation sites (tertiary alicyclic amines) is 1. The molecule has 2 aliphatic heterocycles. The molecule has 1 saturated heterocycles. The number of anilines is 2. The van der Waals surface area contributed by atoms with Crippen molar-refractivity contribution >= 4 is 23.3 Å². The molecular weight excluding hydrogens is 312 g/mol. The van der Waals surface area contributed by atoms with Crippen molar-refractivity contribution in [3.05, 3.63) is 36.2 Å². The Morgan fingerprint density at radius 3 is 2.88 bits per heavy atom. The van der Waals surface area contributed by atoms with Gasteiger partial charge in [-0.3, -0.25) is 14.6 Å². The fourth-order valence-electron chi connectivity index (χ4n) is 3.78. The number of aromatic nitrogens is 2. The van der Waals surface area contributed by atoms with Crippen molar-refractivity contribution < 1.29 is 0 Å². The topological polar surface area (TPSA) is 57.5 Å². The van der Waals surface area contributed by atoms with Gasteiger partial charge < -0.3 is 10.6 Å². The summed E-state index contributed by atoms with van der Waals surface area (Å²) in [4.78, 5) is 7.09. The van der Waals surface area contributed by atoms with E-state index in [0.29, 0.717) is 12.1 Å². The number of piperidine rings is 1. The van der Waals surface area contributed by atoms with Gasteiger partial charge in [-0.1, -0.05) is 6.07 Å². The van der Waals surface area contributed by atoms with Crippen LogP contribution in [0.3, 0.4) is 0 Å². The molecule has 0 saturated carbocycles. The Morgan fingerprint density at radius 1 is 1.28 bits per heavy atom. The van der Waals surface area contributed by atoms with E-state index in [2.05, 4.69) is 61.6 Å². The van der Waals surface area contributed by atoms with Crippen LogP contribution in [0.15, 0.2) is 35.6 Å². The third-order valence-corrected chi connectivity index (χ3v) is 5.43. The van der Waals surface area contributed by atoms with E-state index in [-0.39, 0.29) is 0 Å². The molecule has 0 spiro atoms. The lowest BCUT2D eigenvalue weighted by atomic mass is 9.99. The molecule has 4 rings (SSSR count). The minimum absolute atomic E-state index is 0.411. The maximum atomic E-state index is 4.52. The van der Waals surface area contributed by atoms with Gasteiger partial charge >= 0.3 is 0 Å². The van der Waals surface area contributed by atoms with Crippen molar-refractivity contribution in [2.24, 2.45) is 4.99 Å². The zero-order chi connectivity index (χ0) is 17.2. The van der Waals surface area contributed by atoms with Gasteiger partial charge in [-0.25, -0.2) is 0 Å². The second kappa shape index (κ2) is 6.88. The minimum Gasteiger partial charge on any atom is -0.386 e. The van der Waals surface area contributed by atoms with E-state index in [4.69, 9.17) is 0 Å². The summed E-state index contributed by atoms with van der Waals surface area (Å²) in [5.41, 5.74) is 4.62. The zero-order valence-corrected chi connectivity index (χ0v) is 14.9. The van der Waals surface area contributed by atoms with Gasteiger partial charge in [0, 0.05) is 38.6 Å². The molecule has 1 unspecified atom stereocenters. The average molecular weight is 338 g/mol. The van der Waals surface area contributed by atoms with Crippen LogP contribution < -0.4 is 10.6 Å². The largest absolute Gasteiger partial charge is 0.386 e. The second-order valence-corrected chi connectivity index (χ2v) is 6.87. The lowest BCUT2D eigenvalue weighted by molar-refractivity contribution is 0.139. The van der Waals surface area contributed by atoms with Gasteiger partial charge in [0.15, 0.2) is 0 Å². The molecule has 0 radical (unpaired) electrons. The summed E-state index contributed by atoms with van der Waals surface area (Å²) >= 11 is 0. The third-order valence-electron chi connectivity index (χ3n) is 5.43. The van der Waals surface area contributed by atoms with Gasteiger partial charge in [-0.15, -0.1) is 0 Å². The fraction of sp³-hybridized carbons (Fsp3) is 0.474. The lowest BCUT2D eigenvalue weighted by Gasteiger charge is -2.36. The highest BCUT2D eigenvalue weighted by molar-refractivity contribution is 5.80. The summed E-state index contributed by atoms with van der Waals surface area (Å²) in [5, 5.41) is 11.0. The molecule has 3 heterocycles. The molecule has 0 amide bonds. The van der Waals surface area contributed by atoms with E-state index >= 15 is 0 Å². The van der Waals surface area contributed by atoms with Crippen LogP contribution in [0.2, 0.25) is 0 Å². The van der Waals surface area contributed by atoms with Crippen molar-refractivity contribution in [2.45, 2.75) is 31.8 Å². The Hall–Kier alpha value is -2.34. The third kappa shape index (κ3) is 3.26. The van der Waals surface area contributed by atoms with Crippen LogP contribution in [0.25, 0.3) is 0 Å². The van der Waals surface area contributed by atoms with Crippen LogP contribution >= 0.6 is 0 Å². The quantitative estimate of drug-likeness (QED) is 0.896. The number of hydrogen-bond acceptors (Lipinski definition) is 5. The molecule has 0 bridgehead atoms. The monoisotopic (exact) mass is 338 g/mol. The van der Waals surface area contributed by atoms with Gasteiger partial charge in [-0.2, -0.15) is 5.10 Å². The molecule has 1 atom stereocenters. The van der Waals surface area contributed by atoms with Crippen molar-refractivity contribution in [3.8, 4) is 0 Å². The van der Waals surface area contributed by atoms with Gasteiger partial charge in [0.2, 0.25) is 0 Å². The summed E-state index contributed by atoms with van der Waals surface area (Å²) in [6, 6.07) is 7.53. The van der Waals surface area contributed by atoms with Crippen LogP contribution in [-0.2, 0) is 0 Å². The maximum Gasteiger partial charge on any atom is 0.0861 e. The summed E-state index contributed by atoms with van der Waals surface area (Å²) in [7, 11) is 1.93. The summed E-state index contributed by atoms with van der Waals surface area (Å²) in [5.74, 6) is 0. The SMILES string of the molecule is CNc1cnn(C2CCN(C(C)c3ccc4c(c3)N=CCN4)CC2)c1. The molecular formula is C19H26N6. The highest BCUT2D eigenvalue weighted by atomic mass is 15.3. The molecule has 1 aromatic heterocycles.